The minimum absolute atomic E-state index is 0.458. The van der Waals surface area contributed by atoms with Crippen LogP contribution in [0.1, 0.15) is 27.2 Å². The third-order valence-electron chi connectivity index (χ3n) is 3.78. The molecule has 0 aliphatic heterocycles. The van der Waals surface area contributed by atoms with Crippen molar-refractivity contribution in [3.63, 3.8) is 0 Å². The van der Waals surface area contributed by atoms with Crippen LogP contribution in [-0.2, 0) is 4.74 Å². The van der Waals surface area contributed by atoms with Crippen LogP contribution < -0.4 is 0 Å². The van der Waals surface area contributed by atoms with E-state index < -0.39 is 9.16 Å². The van der Waals surface area contributed by atoms with Crippen molar-refractivity contribution in [1.29, 1.82) is 0 Å². The topological polar surface area (TPSA) is 9.23 Å². The van der Waals surface area contributed by atoms with E-state index in [9.17, 15) is 0 Å². The van der Waals surface area contributed by atoms with Crippen molar-refractivity contribution < 1.29 is 4.74 Å². The van der Waals surface area contributed by atoms with E-state index >= 15 is 0 Å². The third-order valence-corrected chi connectivity index (χ3v) is 10.6. The van der Waals surface area contributed by atoms with E-state index in [0.29, 0.717) is 4.75 Å². The first-order valence-corrected chi connectivity index (χ1v) is 8.84. The molecule has 0 fully saturated rings. The normalized spacial score (nSPS) is 16.7. The van der Waals surface area contributed by atoms with Gasteiger partial charge in [0.05, 0.1) is 0 Å². The first-order chi connectivity index (χ1) is 5.59. The van der Waals surface area contributed by atoms with Crippen molar-refractivity contribution in [1.82, 2.24) is 0 Å². The zero-order valence-electron chi connectivity index (χ0n) is 10.5. The van der Waals surface area contributed by atoms with Crippen LogP contribution >= 0.6 is 9.16 Å². The lowest BCUT2D eigenvalue weighted by molar-refractivity contribution is 0.199. The molecule has 0 aromatic heterocycles. The summed E-state index contributed by atoms with van der Waals surface area (Å²) in [6.45, 7) is 8.02. The van der Waals surface area contributed by atoms with Gasteiger partial charge in [-0.1, -0.05) is 20.8 Å². The number of hydrogen-bond acceptors (Lipinski definition) is 1. The number of methoxy groups -OCH3 is 1. The lowest BCUT2D eigenvalue weighted by atomic mass is 10.3. The molecule has 0 unspecified atom stereocenters. The van der Waals surface area contributed by atoms with E-state index in [-0.39, 0.29) is 0 Å². The summed E-state index contributed by atoms with van der Waals surface area (Å²) in [5.41, 5.74) is 0. The second-order valence-electron chi connectivity index (χ2n) is 6.36. The second-order valence-corrected chi connectivity index (χ2v) is 14.4. The smallest absolute Gasteiger partial charge is 0.0469 e. The number of thiol groups is 1. The van der Waals surface area contributed by atoms with Crippen molar-refractivity contribution >= 4 is 9.16 Å². The molecule has 0 heterocycles. The highest BCUT2D eigenvalue weighted by Gasteiger charge is 2.37. The van der Waals surface area contributed by atoms with Crippen LogP contribution in [0.15, 0.2) is 0 Å². The Balaban J connectivity index is 4.34. The lowest BCUT2D eigenvalue weighted by Gasteiger charge is -2.62. The highest BCUT2D eigenvalue weighted by atomic mass is 32.3. The fourth-order valence-corrected chi connectivity index (χ4v) is 3.00. The molecule has 0 saturated carbocycles. The van der Waals surface area contributed by atoms with Gasteiger partial charge in [-0.2, -0.15) is 0 Å². The molecule has 1 nitrogen and oxygen atoms in total. The van der Waals surface area contributed by atoms with Crippen LogP contribution in [0.25, 0.3) is 0 Å². The third kappa shape index (κ3) is 3.51. The Bertz CT molecular complexity index is 159. The van der Waals surface area contributed by atoms with Crippen molar-refractivity contribution in [2.24, 2.45) is 0 Å². The summed E-state index contributed by atoms with van der Waals surface area (Å²) >= 11 is 0. The van der Waals surface area contributed by atoms with Crippen LogP contribution in [0.5, 0.6) is 0 Å². The van der Waals surface area contributed by atoms with Gasteiger partial charge < -0.3 is 4.74 Å². The van der Waals surface area contributed by atoms with Gasteiger partial charge in [-0.3, -0.25) is 9.16 Å². The maximum absolute atomic E-state index is 5.12. The molecule has 84 valence electrons. The van der Waals surface area contributed by atoms with E-state index in [0.717, 1.165) is 6.61 Å². The Hall–Kier alpha value is 0.310. The fourth-order valence-electron chi connectivity index (χ4n) is 1.10. The maximum atomic E-state index is 5.12. The quantitative estimate of drug-likeness (QED) is 0.552. The first kappa shape index (κ1) is 13.3. The van der Waals surface area contributed by atoms with E-state index in [1.807, 2.05) is 0 Å². The standard InChI is InChI=1S/C11H28OS/c1-11(2,3)13(5,6,7)10-8-9-12-4/h13H,8-10H2,1-7H3. The second kappa shape index (κ2) is 3.82. The predicted molar refractivity (Wildman–Crippen MR) is 67.9 cm³/mol. The molecule has 0 bridgehead atoms. The molecular formula is C11H28OS. The molecule has 0 rings (SSSR count). The summed E-state index contributed by atoms with van der Waals surface area (Å²) in [5.74, 6) is 1.34. The van der Waals surface area contributed by atoms with Crippen LogP contribution in [0.2, 0.25) is 0 Å². The molecule has 2 heteroatoms. The molecule has 0 aliphatic rings. The van der Waals surface area contributed by atoms with Gasteiger partial charge in [0.2, 0.25) is 0 Å². The van der Waals surface area contributed by atoms with Crippen molar-refractivity contribution in [3.8, 4) is 0 Å². The lowest BCUT2D eigenvalue weighted by Crippen LogP contribution is -2.37. The highest BCUT2D eigenvalue weighted by Crippen LogP contribution is 2.69. The van der Waals surface area contributed by atoms with Crippen LogP contribution in [-0.4, -0.2) is 43.0 Å². The maximum Gasteiger partial charge on any atom is 0.0469 e. The first-order valence-electron chi connectivity index (χ1n) is 5.08. The molecule has 0 aliphatic carbocycles. The highest BCUT2D eigenvalue weighted by molar-refractivity contribution is 8.49. The average molecular weight is 208 g/mol. The summed E-state index contributed by atoms with van der Waals surface area (Å²) in [6.07, 6.45) is 8.67. The number of ether oxygens (including phenoxy) is 1. The summed E-state index contributed by atoms with van der Waals surface area (Å²) in [7, 11) is 0.295. The van der Waals surface area contributed by atoms with Gasteiger partial charge >= 0.3 is 0 Å². The Labute approximate surface area is 84.5 Å². The molecule has 0 aromatic carbocycles. The molecule has 0 N–H and O–H groups in total. The molecule has 13 heavy (non-hydrogen) atoms. The van der Waals surface area contributed by atoms with Crippen LogP contribution in [0.3, 0.4) is 0 Å². The molecule has 0 spiro atoms. The Kier molecular flexibility index (Phi) is 3.91. The minimum atomic E-state index is -1.49. The average Bonchev–Trinajstić information content (AvgIpc) is 1.83. The predicted octanol–water partition coefficient (Wildman–Crippen LogP) is 2.78. The van der Waals surface area contributed by atoms with E-state index in [2.05, 4.69) is 39.5 Å². The Morgan fingerprint density at radius 2 is 1.54 bits per heavy atom. The Morgan fingerprint density at radius 3 is 1.85 bits per heavy atom. The molecule has 0 saturated heterocycles. The zero-order chi connectivity index (χ0) is 10.8. The van der Waals surface area contributed by atoms with Gasteiger partial charge in [0.15, 0.2) is 0 Å². The molecular weight excluding hydrogens is 180 g/mol. The minimum Gasteiger partial charge on any atom is -0.385 e. The van der Waals surface area contributed by atoms with E-state index in [4.69, 9.17) is 4.74 Å². The van der Waals surface area contributed by atoms with Gasteiger partial charge in [-0.15, -0.1) is 0 Å². The van der Waals surface area contributed by atoms with Gasteiger partial charge in [0.1, 0.15) is 0 Å². The number of hydrogen-bond donors (Lipinski definition) is 1. The van der Waals surface area contributed by atoms with Crippen molar-refractivity contribution in [2.45, 2.75) is 31.9 Å². The summed E-state index contributed by atoms with van der Waals surface area (Å²) in [5, 5.41) is 0. The fraction of sp³-hybridized carbons (Fsp3) is 1.00. The molecule has 0 aromatic rings. The van der Waals surface area contributed by atoms with Crippen molar-refractivity contribution in [3.05, 3.63) is 0 Å². The van der Waals surface area contributed by atoms with Gasteiger partial charge in [0.25, 0.3) is 0 Å². The van der Waals surface area contributed by atoms with Gasteiger partial charge in [0, 0.05) is 13.7 Å². The summed E-state index contributed by atoms with van der Waals surface area (Å²) in [6, 6.07) is 0. The summed E-state index contributed by atoms with van der Waals surface area (Å²) < 4.78 is 5.57. The van der Waals surface area contributed by atoms with Crippen LogP contribution in [0.4, 0.5) is 0 Å². The zero-order valence-corrected chi connectivity index (χ0v) is 11.4. The SMILES string of the molecule is COCCC[SH](C)(C)(C)C(C)(C)C. The van der Waals surface area contributed by atoms with E-state index in [1.165, 1.54) is 12.2 Å². The number of rotatable bonds is 4. The molecule has 0 radical (unpaired) electrons. The molecule has 0 atom stereocenters. The van der Waals surface area contributed by atoms with Crippen LogP contribution in [0, 0.1) is 0 Å². The monoisotopic (exact) mass is 208 g/mol. The van der Waals surface area contributed by atoms with Crippen molar-refractivity contribution in [2.75, 3.05) is 38.2 Å². The Morgan fingerprint density at radius 1 is 1.08 bits per heavy atom. The molecule has 0 amide bonds. The largest absolute Gasteiger partial charge is 0.385 e. The van der Waals surface area contributed by atoms with Gasteiger partial charge in [-0.05, 0) is 35.7 Å². The van der Waals surface area contributed by atoms with Gasteiger partial charge in [-0.25, -0.2) is 0 Å². The van der Waals surface area contributed by atoms with E-state index in [1.54, 1.807) is 7.11 Å². The summed E-state index contributed by atoms with van der Waals surface area (Å²) in [4.78, 5) is 0.